The maximum Gasteiger partial charge on any atom is 0.225 e. The summed E-state index contributed by atoms with van der Waals surface area (Å²) in [6.45, 7) is 9.55. The van der Waals surface area contributed by atoms with Crippen LogP contribution in [0.25, 0.3) is 0 Å². The van der Waals surface area contributed by atoms with Crippen molar-refractivity contribution in [3.8, 4) is 0 Å². The molecule has 1 aliphatic heterocycles. The van der Waals surface area contributed by atoms with E-state index < -0.39 is 0 Å². The van der Waals surface area contributed by atoms with Gasteiger partial charge in [-0.25, -0.2) is 4.39 Å². The first-order valence-corrected chi connectivity index (χ1v) is 12.5. The number of hydrogen-bond donors (Lipinski definition) is 1. The lowest BCUT2D eigenvalue weighted by molar-refractivity contribution is -0.137. The summed E-state index contributed by atoms with van der Waals surface area (Å²) in [5.41, 5.74) is 4.80. The average Bonchev–Trinajstić information content (AvgIpc) is 3.39. The second-order valence-electron chi connectivity index (χ2n) is 9.39. The van der Waals surface area contributed by atoms with E-state index in [1.54, 1.807) is 6.07 Å². The van der Waals surface area contributed by atoms with E-state index in [0.29, 0.717) is 43.2 Å². The standard InChI is InChI=1S/C19H26FN3O2.C9H12/c1-14-16(17(20)6-7-18(14)21-13-24)12-22-8-10-23(11-9-22)19(25)15-4-2-3-5-15;1-3-9-6-4-5-8(2)7-9/h6-7,13,15H,2-5,8-12H2,1H3,(H,21,24);4-7H,3H2,1-2H3. The minimum absolute atomic E-state index is 0.220. The minimum atomic E-state index is -0.251. The van der Waals surface area contributed by atoms with Crippen molar-refractivity contribution in [2.75, 3.05) is 31.5 Å². The molecule has 5 nitrogen and oxygen atoms in total. The van der Waals surface area contributed by atoms with Gasteiger partial charge in [0.1, 0.15) is 5.82 Å². The normalized spacial score (nSPS) is 16.6. The summed E-state index contributed by atoms with van der Waals surface area (Å²) in [6.07, 6.45) is 6.14. The summed E-state index contributed by atoms with van der Waals surface area (Å²) in [7, 11) is 0. The van der Waals surface area contributed by atoms with Gasteiger partial charge >= 0.3 is 0 Å². The van der Waals surface area contributed by atoms with Crippen LogP contribution in [0, 0.1) is 25.6 Å². The van der Waals surface area contributed by atoms with E-state index in [1.807, 2.05) is 11.8 Å². The Balaban J connectivity index is 0.000000302. The number of anilines is 1. The Labute approximate surface area is 203 Å². The highest BCUT2D eigenvalue weighted by Gasteiger charge is 2.29. The fourth-order valence-corrected chi connectivity index (χ4v) is 4.85. The highest BCUT2D eigenvalue weighted by atomic mass is 19.1. The monoisotopic (exact) mass is 467 g/mol. The van der Waals surface area contributed by atoms with Gasteiger partial charge in [-0.15, -0.1) is 0 Å². The summed E-state index contributed by atoms with van der Waals surface area (Å²) >= 11 is 0. The zero-order valence-electron chi connectivity index (χ0n) is 20.8. The Morgan fingerprint density at radius 3 is 2.38 bits per heavy atom. The number of benzene rings is 2. The van der Waals surface area contributed by atoms with Gasteiger partial charge < -0.3 is 10.2 Å². The van der Waals surface area contributed by atoms with Crippen LogP contribution in [0.4, 0.5) is 10.1 Å². The van der Waals surface area contributed by atoms with Gasteiger partial charge in [-0.2, -0.15) is 0 Å². The lowest BCUT2D eigenvalue weighted by atomic mass is 10.0. The van der Waals surface area contributed by atoms with E-state index in [1.165, 1.54) is 30.0 Å². The topological polar surface area (TPSA) is 52.7 Å². The molecule has 0 spiro atoms. The second kappa shape index (κ2) is 12.7. The fourth-order valence-electron chi connectivity index (χ4n) is 4.85. The first-order valence-electron chi connectivity index (χ1n) is 12.5. The zero-order valence-corrected chi connectivity index (χ0v) is 20.8. The summed E-state index contributed by atoms with van der Waals surface area (Å²) in [5.74, 6) is 0.271. The molecule has 184 valence electrons. The van der Waals surface area contributed by atoms with Gasteiger partial charge in [-0.1, -0.05) is 49.6 Å². The number of aryl methyl sites for hydroxylation is 2. The molecular formula is C28H38FN3O2. The van der Waals surface area contributed by atoms with E-state index in [-0.39, 0.29) is 11.7 Å². The SMILES string of the molecule is CCc1cccc(C)c1.Cc1c(NC=O)ccc(F)c1CN1CCN(C(=O)C2CCCC2)CC1. The predicted octanol–water partition coefficient (Wildman–Crippen LogP) is 5.09. The molecule has 1 heterocycles. The number of carbonyl (C=O) groups excluding carboxylic acids is 2. The molecule has 2 aromatic carbocycles. The molecule has 2 aliphatic rings. The van der Waals surface area contributed by atoms with Crippen LogP contribution in [0.1, 0.15) is 54.9 Å². The number of piperazine rings is 1. The molecule has 2 amide bonds. The van der Waals surface area contributed by atoms with Crippen LogP contribution in [0.15, 0.2) is 36.4 Å². The van der Waals surface area contributed by atoms with Gasteiger partial charge in [0.25, 0.3) is 0 Å². The molecule has 0 bridgehead atoms. The summed E-state index contributed by atoms with van der Waals surface area (Å²) in [5, 5.41) is 2.62. The smallest absolute Gasteiger partial charge is 0.225 e. The maximum absolute atomic E-state index is 14.2. The molecule has 2 fully saturated rings. The molecule has 0 atom stereocenters. The Bertz CT molecular complexity index is 964. The Morgan fingerprint density at radius 1 is 1.09 bits per heavy atom. The lowest BCUT2D eigenvalue weighted by Gasteiger charge is -2.36. The van der Waals surface area contributed by atoms with E-state index in [0.717, 1.165) is 37.9 Å². The van der Waals surface area contributed by atoms with Crippen molar-refractivity contribution in [3.05, 3.63) is 64.5 Å². The Morgan fingerprint density at radius 2 is 1.79 bits per heavy atom. The highest BCUT2D eigenvalue weighted by molar-refractivity contribution is 5.79. The predicted molar refractivity (Wildman–Crippen MR) is 135 cm³/mol. The molecule has 6 heteroatoms. The number of hydrogen-bond acceptors (Lipinski definition) is 3. The molecule has 0 aromatic heterocycles. The van der Waals surface area contributed by atoms with Crippen LogP contribution in [-0.2, 0) is 22.6 Å². The van der Waals surface area contributed by atoms with Crippen LogP contribution < -0.4 is 5.32 Å². The van der Waals surface area contributed by atoms with E-state index in [9.17, 15) is 14.0 Å². The third-order valence-corrected chi connectivity index (χ3v) is 7.02. The number of nitrogens with zero attached hydrogens (tertiary/aromatic N) is 2. The zero-order chi connectivity index (χ0) is 24.5. The number of amides is 2. The van der Waals surface area contributed by atoms with Gasteiger partial charge in [0, 0.05) is 49.9 Å². The largest absolute Gasteiger partial charge is 0.340 e. The van der Waals surface area contributed by atoms with Crippen molar-refractivity contribution in [2.24, 2.45) is 5.92 Å². The van der Waals surface area contributed by atoms with Gasteiger partial charge in [-0.3, -0.25) is 14.5 Å². The molecular weight excluding hydrogens is 429 g/mol. The number of rotatable bonds is 6. The maximum atomic E-state index is 14.2. The molecule has 4 rings (SSSR count). The van der Waals surface area contributed by atoms with E-state index in [2.05, 4.69) is 48.3 Å². The van der Waals surface area contributed by atoms with Crippen LogP contribution >= 0.6 is 0 Å². The molecule has 0 radical (unpaired) electrons. The average molecular weight is 468 g/mol. The van der Waals surface area contributed by atoms with Crippen molar-refractivity contribution < 1.29 is 14.0 Å². The van der Waals surface area contributed by atoms with Gasteiger partial charge in [0.2, 0.25) is 12.3 Å². The summed E-state index contributed by atoms with van der Waals surface area (Å²) in [6, 6.07) is 11.6. The third kappa shape index (κ3) is 6.89. The Hall–Kier alpha value is -2.73. The van der Waals surface area contributed by atoms with Crippen molar-refractivity contribution in [1.29, 1.82) is 0 Å². The van der Waals surface area contributed by atoms with Crippen molar-refractivity contribution >= 4 is 18.0 Å². The van der Waals surface area contributed by atoms with E-state index >= 15 is 0 Å². The Kier molecular flexibility index (Phi) is 9.63. The van der Waals surface area contributed by atoms with Gasteiger partial charge in [0.15, 0.2) is 0 Å². The van der Waals surface area contributed by atoms with Crippen LogP contribution in [0.3, 0.4) is 0 Å². The number of carbonyl (C=O) groups is 2. The third-order valence-electron chi connectivity index (χ3n) is 7.02. The van der Waals surface area contributed by atoms with Gasteiger partial charge in [-0.05, 0) is 56.4 Å². The quantitative estimate of drug-likeness (QED) is 0.602. The molecule has 34 heavy (non-hydrogen) atoms. The van der Waals surface area contributed by atoms with Crippen LogP contribution in [0.2, 0.25) is 0 Å². The molecule has 2 aromatic rings. The molecule has 0 unspecified atom stereocenters. The second-order valence-corrected chi connectivity index (χ2v) is 9.39. The summed E-state index contributed by atoms with van der Waals surface area (Å²) < 4.78 is 14.2. The number of halogens is 1. The van der Waals surface area contributed by atoms with Crippen molar-refractivity contribution in [1.82, 2.24) is 9.80 Å². The minimum Gasteiger partial charge on any atom is -0.340 e. The molecule has 1 saturated heterocycles. The molecule has 1 N–H and O–H groups in total. The highest BCUT2D eigenvalue weighted by Crippen LogP contribution is 2.27. The fraction of sp³-hybridized carbons (Fsp3) is 0.500. The van der Waals surface area contributed by atoms with Crippen LogP contribution in [0.5, 0.6) is 0 Å². The lowest BCUT2D eigenvalue weighted by Crippen LogP contribution is -2.49. The van der Waals surface area contributed by atoms with Crippen molar-refractivity contribution in [2.45, 2.75) is 59.4 Å². The van der Waals surface area contributed by atoms with E-state index in [4.69, 9.17) is 0 Å². The van der Waals surface area contributed by atoms with Crippen LogP contribution in [-0.4, -0.2) is 48.3 Å². The first kappa shape index (κ1) is 25.9. The molecule has 1 saturated carbocycles. The van der Waals surface area contributed by atoms with Crippen molar-refractivity contribution in [3.63, 3.8) is 0 Å². The molecule has 1 aliphatic carbocycles. The summed E-state index contributed by atoms with van der Waals surface area (Å²) in [4.78, 5) is 27.3. The van der Waals surface area contributed by atoms with Gasteiger partial charge in [0.05, 0.1) is 0 Å². The first-order chi connectivity index (χ1) is 16.4. The number of nitrogens with one attached hydrogen (secondary N) is 1.